The van der Waals surface area contributed by atoms with Gasteiger partial charge in [0.05, 0.1) is 0 Å². The van der Waals surface area contributed by atoms with Gasteiger partial charge in [0.15, 0.2) is 5.96 Å². The molecule has 0 spiro atoms. The second kappa shape index (κ2) is 13.5. The molecule has 4 rings (SSSR count). The summed E-state index contributed by atoms with van der Waals surface area (Å²) in [4.78, 5) is 23.1. The number of guanidine groups is 1. The van der Waals surface area contributed by atoms with Crippen molar-refractivity contribution in [1.82, 2.24) is 15.5 Å². The smallest absolute Gasteiger partial charge is 0.227 e. The molecular formula is C26H37IN6O. The van der Waals surface area contributed by atoms with E-state index >= 15 is 0 Å². The first-order valence-corrected chi connectivity index (χ1v) is 12.1. The number of hydrogen-bond donors (Lipinski definition) is 2. The molecule has 184 valence electrons. The van der Waals surface area contributed by atoms with Crippen molar-refractivity contribution in [3.05, 3.63) is 60.2 Å². The van der Waals surface area contributed by atoms with Crippen LogP contribution >= 0.6 is 24.0 Å². The fourth-order valence-corrected chi connectivity index (χ4v) is 4.50. The predicted molar refractivity (Wildman–Crippen MR) is 151 cm³/mol. The molecule has 0 atom stereocenters. The Morgan fingerprint density at radius 2 is 1.65 bits per heavy atom. The van der Waals surface area contributed by atoms with Crippen molar-refractivity contribution < 1.29 is 4.79 Å². The lowest BCUT2D eigenvalue weighted by Gasteiger charge is -2.36. The Morgan fingerprint density at radius 1 is 0.912 bits per heavy atom. The Kier molecular flexibility index (Phi) is 10.5. The van der Waals surface area contributed by atoms with Gasteiger partial charge in [0.25, 0.3) is 0 Å². The molecule has 2 aromatic carbocycles. The third-order valence-corrected chi connectivity index (χ3v) is 6.44. The van der Waals surface area contributed by atoms with Crippen molar-refractivity contribution in [1.29, 1.82) is 0 Å². The highest BCUT2D eigenvalue weighted by Crippen LogP contribution is 2.21. The van der Waals surface area contributed by atoms with Crippen LogP contribution in [0.2, 0.25) is 0 Å². The van der Waals surface area contributed by atoms with Gasteiger partial charge in [0.1, 0.15) is 0 Å². The summed E-state index contributed by atoms with van der Waals surface area (Å²) in [5.41, 5.74) is 3.49. The van der Waals surface area contributed by atoms with Crippen LogP contribution < -0.4 is 20.4 Å². The van der Waals surface area contributed by atoms with Crippen LogP contribution in [-0.2, 0) is 11.3 Å². The fraction of sp³-hybridized carbons (Fsp3) is 0.462. The highest BCUT2D eigenvalue weighted by molar-refractivity contribution is 14.0. The number of nitrogens with zero attached hydrogens (tertiary/aromatic N) is 4. The van der Waals surface area contributed by atoms with E-state index in [0.717, 1.165) is 70.3 Å². The number of aliphatic imine (C=N–C) groups is 1. The van der Waals surface area contributed by atoms with Crippen molar-refractivity contribution in [3.63, 3.8) is 0 Å². The molecule has 1 amide bonds. The van der Waals surface area contributed by atoms with Gasteiger partial charge in [0, 0.05) is 70.7 Å². The Balaban J connectivity index is 0.00000324. The van der Waals surface area contributed by atoms with Crippen molar-refractivity contribution in [2.45, 2.75) is 25.8 Å². The molecule has 2 aliphatic rings. The Hall–Kier alpha value is -2.33. The summed E-state index contributed by atoms with van der Waals surface area (Å²) in [6.07, 6.45) is 2.70. The van der Waals surface area contributed by atoms with Gasteiger partial charge in [-0.05, 0) is 49.2 Å². The molecule has 2 N–H and O–H groups in total. The van der Waals surface area contributed by atoms with Gasteiger partial charge in [-0.1, -0.05) is 30.3 Å². The van der Waals surface area contributed by atoms with Gasteiger partial charge in [-0.15, -0.1) is 24.0 Å². The highest BCUT2D eigenvalue weighted by Gasteiger charge is 2.21. The average Bonchev–Trinajstić information content (AvgIpc) is 3.30. The van der Waals surface area contributed by atoms with Crippen molar-refractivity contribution >= 4 is 47.2 Å². The van der Waals surface area contributed by atoms with Crippen LogP contribution in [0, 0.1) is 0 Å². The summed E-state index contributed by atoms with van der Waals surface area (Å²) >= 11 is 0. The van der Waals surface area contributed by atoms with Crippen LogP contribution in [0.25, 0.3) is 0 Å². The molecular weight excluding hydrogens is 539 g/mol. The minimum absolute atomic E-state index is 0. The zero-order chi connectivity index (χ0) is 22.9. The maximum atomic E-state index is 11.9. The number of para-hydroxylation sites is 1. The molecule has 0 aromatic heterocycles. The van der Waals surface area contributed by atoms with Gasteiger partial charge in [-0.3, -0.25) is 14.7 Å². The first-order chi connectivity index (χ1) is 16.2. The first kappa shape index (κ1) is 26.3. The second-order valence-corrected chi connectivity index (χ2v) is 8.69. The number of carbonyl (C=O) groups excluding carboxylic acids is 1. The fourth-order valence-electron chi connectivity index (χ4n) is 4.50. The van der Waals surface area contributed by atoms with Crippen LogP contribution in [-0.4, -0.2) is 69.6 Å². The van der Waals surface area contributed by atoms with E-state index in [0.29, 0.717) is 13.0 Å². The maximum Gasteiger partial charge on any atom is 0.227 e. The number of halogens is 1. The second-order valence-electron chi connectivity index (χ2n) is 8.69. The number of nitrogens with one attached hydrogen (secondary N) is 2. The SMILES string of the molecule is CN=C(NCCCN1CCN(c2ccccc2)CC1)NCc1ccc(N2CCCC2=O)cc1.I. The summed E-state index contributed by atoms with van der Waals surface area (Å²) in [5.74, 6) is 1.05. The molecule has 2 aromatic rings. The zero-order valence-corrected chi connectivity index (χ0v) is 22.4. The van der Waals surface area contributed by atoms with E-state index in [1.54, 1.807) is 7.05 Å². The van der Waals surface area contributed by atoms with Crippen molar-refractivity contribution in [3.8, 4) is 0 Å². The third-order valence-electron chi connectivity index (χ3n) is 6.44. The number of benzene rings is 2. The van der Waals surface area contributed by atoms with Gasteiger partial charge in [-0.25, -0.2) is 0 Å². The number of carbonyl (C=O) groups is 1. The molecule has 7 nitrogen and oxygen atoms in total. The summed E-state index contributed by atoms with van der Waals surface area (Å²) in [6, 6.07) is 18.9. The quantitative estimate of drug-likeness (QED) is 0.219. The van der Waals surface area contributed by atoms with Crippen LogP contribution in [0.4, 0.5) is 11.4 Å². The van der Waals surface area contributed by atoms with Gasteiger partial charge in [-0.2, -0.15) is 0 Å². The van der Waals surface area contributed by atoms with E-state index in [2.05, 4.69) is 67.9 Å². The van der Waals surface area contributed by atoms with E-state index in [-0.39, 0.29) is 29.9 Å². The molecule has 2 aliphatic heterocycles. The van der Waals surface area contributed by atoms with E-state index in [4.69, 9.17) is 0 Å². The van der Waals surface area contributed by atoms with Crippen LogP contribution in [0.5, 0.6) is 0 Å². The molecule has 0 unspecified atom stereocenters. The molecule has 8 heteroatoms. The first-order valence-electron chi connectivity index (χ1n) is 12.1. The van der Waals surface area contributed by atoms with Gasteiger partial charge in [0.2, 0.25) is 5.91 Å². The molecule has 0 saturated carbocycles. The Morgan fingerprint density at radius 3 is 2.29 bits per heavy atom. The van der Waals surface area contributed by atoms with Crippen molar-refractivity contribution in [2.75, 3.05) is 62.7 Å². The maximum absolute atomic E-state index is 11.9. The number of rotatable bonds is 8. The molecule has 34 heavy (non-hydrogen) atoms. The highest BCUT2D eigenvalue weighted by atomic mass is 127. The number of anilines is 2. The predicted octanol–water partition coefficient (Wildman–Crippen LogP) is 3.31. The van der Waals surface area contributed by atoms with E-state index in [1.165, 1.54) is 11.3 Å². The number of hydrogen-bond acceptors (Lipinski definition) is 4. The standard InChI is InChI=1S/C26H36N6O.HI/c1-27-26(29-21-22-10-12-24(13-11-22)32-16-5-9-25(32)33)28-14-6-15-30-17-19-31(20-18-30)23-7-3-2-4-8-23;/h2-4,7-8,10-13H,5-6,9,14-21H2,1H3,(H2,27,28,29);1H. The summed E-state index contributed by atoms with van der Waals surface area (Å²) in [7, 11) is 1.81. The number of piperazine rings is 1. The number of amides is 1. The minimum Gasteiger partial charge on any atom is -0.369 e. The van der Waals surface area contributed by atoms with E-state index < -0.39 is 0 Å². The molecule has 2 fully saturated rings. The summed E-state index contributed by atoms with van der Waals surface area (Å²) in [6.45, 7) is 7.93. The van der Waals surface area contributed by atoms with Crippen LogP contribution in [0.1, 0.15) is 24.8 Å². The lowest BCUT2D eigenvalue weighted by Crippen LogP contribution is -2.47. The molecule has 0 bridgehead atoms. The molecule has 0 radical (unpaired) electrons. The van der Waals surface area contributed by atoms with Crippen molar-refractivity contribution in [2.24, 2.45) is 4.99 Å². The summed E-state index contributed by atoms with van der Waals surface area (Å²) < 4.78 is 0. The summed E-state index contributed by atoms with van der Waals surface area (Å²) in [5, 5.41) is 6.81. The normalized spacial score (nSPS) is 17.0. The van der Waals surface area contributed by atoms with Gasteiger partial charge >= 0.3 is 0 Å². The van der Waals surface area contributed by atoms with Gasteiger partial charge < -0.3 is 20.4 Å². The third kappa shape index (κ3) is 7.33. The van der Waals surface area contributed by atoms with E-state index in [9.17, 15) is 4.79 Å². The molecule has 0 aliphatic carbocycles. The topological polar surface area (TPSA) is 63.2 Å². The Labute approximate surface area is 220 Å². The zero-order valence-electron chi connectivity index (χ0n) is 20.1. The monoisotopic (exact) mass is 576 g/mol. The Bertz CT molecular complexity index is 913. The van der Waals surface area contributed by atoms with Crippen LogP contribution in [0.15, 0.2) is 59.6 Å². The van der Waals surface area contributed by atoms with E-state index in [1.807, 2.05) is 17.0 Å². The minimum atomic E-state index is 0. The molecule has 2 saturated heterocycles. The van der Waals surface area contributed by atoms with Crippen LogP contribution in [0.3, 0.4) is 0 Å². The lowest BCUT2D eigenvalue weighted by atomic mass is 10.2. The largest absolute Gasteiger partial charge is 0.369 e. The average molecular weight is 577 g/mol. The lowest BCUT2D eigenvalue weighted by molar-refractivity contribution is -0.117. The molecule has 2 heterocycles.